The highest BCUT2D eigenvalue weighted by molar-refractivity contribution is 5.02. The van der Waals surface area contributed by atoms with Crippen LogP contribution in [0.3, 0.4) is 0 Å². The average Bonchev–Trinajstić information content (AvgIpc) is 2.78. The highest BCUT2D eigenvalue weighted by Crippen LogP contribution is 2.38. The molecule has 15 heavy (non-hydrogen) atoms. The van der Waals surface area contributed by atoms with Crippen LogP contribution < -0.4 is 0 Å². The summed E-state index contributed by atoms with van der Waals surface area (Å²) < 4.78 is 10.7. The number of allylic oxidation sites excluding steroid dienone is 1. The second-order valence-electron chi connectivity index (χ2n) is 4.52. The Kier molecular flexibility index (Phi) is 4.38. The van der Waals surface area contributed by atoms with Gasteiger partial charge in [0.25, 0.3) is 0 Å². The number of hydrogen-bond donors (Lipinski definition) is 0. The number of ether oxygens (including phenoxy) is 2. The Labute approximate surface area is 92.6 Å². The molecule has 0 spiro atoms. The van der Waals surface area contributed by atoms with Crippen LogP contribution in [-0.4, -0.2) is 24.9 Å². The molecular formula is C13H20O2. The predicted molar refractivity (Wildman–Crippen MR) is 61.6 cm³/mol. The summed E-state index contributed by atoms with van der Waals surface area (Å²) in [6.07, 6.45) is 9.78. The monoisotopic (exact) mass is 208 g/mol. The van der Waals surface area contributed by atoms with Gasteiger partial charge >= 0.3 is 0 Å². The highest BCUT2D eigenvalue weighted by atomic mass is 16.6. The zero-order valence-electron chi connectivity index (χ0n) is 9.88. The summed E-state index contributed by atoms with van der Waals surface area (Å²) in [6.45, 7) is 7.39. The first-order valence-corrected chi connectivity index (χ1v) is 5.41. The summed E-state index contributed by atoms with van der Waals surface area (Å²) in [7, 11) is 0. The molecule has 1 unspecified atom stereocenters. The van der Waals surface area contributed by atoms with Crippen molar-refractivity contribution in [3.63, 3.8) is 0 Å². The number of epoxide rings is 1. The van der Waals surface area contributed by atoms with Gasteiger partial charge in [-0.15, -0.1) is 6.42 Å². The van der Waals surface area contributed by atoms with Gasteiger partial charge in [-0.3, -0.25) is 0 Å². The molecule has 1 aliphatic heterocycles. The topological polar surface area (TPSA) is 21.8 Å². The molecule has 0 saturated carbocycles. The van der Waals surface area contributed by atoms with E-state index in [4.69, 9.17) is 15.9 Å². The number of hydrogen-bond acceptors (Lipinski definition) is 2. The van der Waals surface area contributed by atoms with Crippen LogP contribution in [-0.2, 0) is 9.47 Å². The van der Waals surface area contributed by atoms with E-state index in [1.807, 2.05) is 0 Å². The largest absolute Gasteiger partial charge is 0.367 e. The van der Waals surface area contributed by atoms with Crippen molar-refractivity contribution in [1.82, 2.24) is 0 Å². The van der Waals surface area contributed by atoms with Gasteiger partial charge in [-0.05, 0) is 33.6 Å². The molecule has 0 aromatic rings. The molecule has 2 nitrogen and oxygen atoms in total. The third kappa shape index (κ3) is 4.51. The minimum absolute atomic E-state index is 0.111. The molecule has 1 heterocycles. The molecule has 0 aromatic heterocycles. The summed E-state index contributed by atoms with van der Waals surface area (Å²) >= 11 is 0. The maximum Gasteiger partial charge on any atom is 0.107 e. The summed E-state index contributed by atoms with van der Waals surface area (Å²) in [5.74, 6) is 2.44. The lowest BCUT2D eigenvalue weighted by Crippen LogP contribution is -2.02. The van der Waals surface area contributed by atoms with E-state index in [2.05, 4.69) is 32.8 Å². The van der Waals surface area contributed by atoms with Crippen LogP contribution in [0.2, 0.25) is 0 Å². The molecule has 1 atom stereocenters. The molecule has 0 bridgehead atoms. The predicted octanol–water partition coefficient (Wildman–Crippen LogP) is 2.54. The van der Waals surface area contributed by atoms with E-state index in [0.717, 1.165) is 12.8 Å². The van der Waals surface area contributed by atoms with E-state index < -0.39 is 0 Å². The van der Waals surface area contributed by atoms with E-state index >= 15 is 0 Å². The maximum absolute atomic E-state index is 5.51. The van der Waals surface area contributed by atoms with Crippen molar-refractivity contribution in [3.05, 3.63) is 11.6 Å². The van der Waals surface area contributed by atoms with Crippen molar-refractivity contribution in [3.8, 4) is 12.3 Å². The first kappa shape index (κ1) is 12.3. The number of terminal acetylenes is 1. The maximum atomic E-state index is 5.51. The molecule has 2 heteroatoms. The third-order valence-electron chi connectivity index (χ3n) is 2.70. The molecule has 0 N–H and O–H groups in total. The van der Waals surface area contributed by atoms with Crippen molar-refractivity contribution in [2.45, 2.75) is 45.3 Å². The SMILES string of the molecule is C#CCOCC=C(C)CCC1OC1(C)C. The summed E-state index contributed by atoms with van der Waals surface area (Å²) in [5, 5.41) is 0. The van der Waals surface area contributed by atoms with Gasteiger partial charge in [0.2, 0.25) is 0 Å². The van der Waals surface area contributed by atoms with Crippen molar-refractivity contribution in [2.75, 3.05) is 13.2 Å². The molecule has 1 fully saturated rings. The van der Waals surface area contributed by atoms with E-state index in [1.165, 1.54) is 5.57 Å². The molecular weight excluding hydrogens is 188 g/mol. The van der Waals surface area contributed by atoms with Crippen LogP contribution >= 0.6 is 0 Å². The van der Waals surface area contributed by atoms with Crippen molar-refractivity contribution < 1.29 is 9.47 Å². The second kappa shape index (κ2) is 5.34. The van der Waals surface area contributed by atoms with Gasteiger partial charge in [-0.25, -0.2) is 0 Å². The fraction of sp³-hybridized carbons (Fsp3) is 0.692. The summed E-state index contributed by atoms with van der Waals surface area (Å²) in [6, 6.07) is 0. The summed E-state index contributed by atoms with van der Waals surface area (Å²) in [4.78, 5) is 0. The molecule has 0 aliphatic carbocycles. The molecule has 84 valence electrons. The van der Waals surface area contributed by atoms with Crippen LogP contribution in [0.4, 0.5) is 0 Å². The molecule has 0 radical (unpaired) electrons. The molecule has 1 rings (SSSR count). The van der Waals surface area contributed by atoms with Crippen LogP contribution in [0.25, 0.3) is 0 Å². The van der Waals surface area contributed by atoms with Crippen molar-refractivity contribution in [1.29, 1.82) is 0 Å². The zero-order chi connectivity index (χ0) is 11.3. The number of rotatable bonds is 6. The Morgan fingerprint density at radius 1 is 1.60 bits per heavy atom. The minimum atomic E-state index is 0.111. The van der Waals surface area contributed by atoms with Gasteiger partial charge in [-0.2, -0.15) is 0 Å². The van der Waals surface area contributed by atoms with E-state index in [1.54, 1.807) is 0 Å². The molecule has 1 aliphatic rings. The van der Waals surface area contributed by atoms with Crippen molar-refractivity contribution >= 4 is 0 Å². The van der Waals surface area contributed by atoms with Crippen LogP contribution in [0, 0.1) is 12.3 Å². The molecule has 0 amide bonds. The Morgan fingerprint density at radius 2 is 2.27 bits per heavy atom. The van der Waals surface area contributed by atoms with Crippen molar-refractivity contribution in [2.24, 2.45) is 0 Å². The van der Waals surface area contributed by atoms with Gasteiger partial charge in [0.05, 0.1) is 18.3 Å². The van der Waals surface area contributed by atoms with Gasteiger partial charge in [0.15, 0.2) is 0 Å². The smallest absolute Gasteiger partial charge is 0.107 e. The Hall–Kier alpha value is -0.780. The van der Waals surface area contributed by atoms with Crippen LogP contribution in [0.15, 0.2) is 11.6 Å². The highest BCUT2D eigenvalue weighted by Gasteiger charge is 2.46. The van der Waals surface area contributed by atoms with Crippen LogP contribution in [0.1, 0.15) is 33.6 Å². The second-order valence-corrected chi connectivity index (χ2v) is 4.52. The Bertz CT molecular complexity index is 271. The Morgan fingerprint density at radius 3 is 2.80 bits per heavy atom. The fourth-order valence-corrected chi connectivity index (χ4v) is 1.52. The van der Waals surface area contributed by atoms with Gasteiger partial charge in [0, 0.05) is 0 Å². The van der Waals surface area contributed by atoms with E-state index in [9.17, 15) is 0 Å². The lowest BCUT2D eigenvalue weighted by molar-refractivity contribution is 0.198. The molecule has 0 aromatic carbocycles. The van der Waals surface area contributed by atoms with E-state index in [-0.39, 0.29) is 5.60 Å². The third-order valence-corrected chi connectivity index (χ3v) is 2.70. The quantitative estimate of drug-likeness (QED) is 0.289. The van der Waals surface area contributed by atoms with Gasteiger partial charge in [0.1, 0.15) is 6.61 Å². The lowest BCUT2D eigenvalue weighted by atomic mass is 10.0. The van der Waals surface area contributed by atoms with E-state index in [0.29, 0.717) is 19.3 Å². The normalized spacial score (nSPS) is 23.6. The Balaban J connectivity index is 2.08. The standard InChI is InChI=1S/C13H20O2/c1-5-9-14-10-8-11(2)6-7-12-13(3,4)15-12/h1,8,12H,6-7,9-10H2,2-4H3. The van der Waals surface area contributed by atoms with Crippen LogP contribution in [0.5, 0.6) is 0 Å². The van der Waals surface area contributed by atoms with Gasteiger partial charge in [-0.1, -0.05) is 17.6 Å². The van der Waals surface area contributed by atoms with Gasteiger partial charge < -0.3 is 9.47 Å². The first-order chi connectivity index (χ1) is 7.06. The first-order valence-electron chi connectivity index (χ1n) is 5.41. The lowest BCUT2D eigenvalue weighted by Gasteiger charge is -2.00. The zero-order valence-corrected chi connectivity index (χ0v) is 9.88. The summed E-state index contributed by atoms with van der Waals surface area (Å²) in [5.41, 5.74) is 1.46. The molecule has 1 saturated heterocycles. The minimum Gasteiger partial charge on any atom is -0.367 e. The fourth-order valence-electron chi connectivity index (χ4n) is 1.52. The average molecular weight is 208 g/mol.